The van der Waals surface area contributed by atoms with E-state index in [1.807, 2.05) is 0 Å². The van der Waals surface area contributed by atoms with Gasteiger partial charge in [0.25, 0.3) is 0 Å². The minimum atomic E-state index is -3.41. The van der Waals surface area contributed by atoms with E-state index in [9.17, 15) is 8.78 Å². The summed E-state index contributed by atoms with van der Waals surface area (Å²) >= 11 is 0. The zero-order chi connectivity index (χ0) is 10.1. The fourth-order valence-electron chi connectivity index (χ4n) is 1.20. The monoisotopic (exact) mass is 198 g/mol. The van der Waals surface area contributed by atoms with Gasteiger partial charge in [-0.1, -0.05) is 0 Å². The molecular weight excluding hydrogens is 186 g/mol. The van der Waals surface area contributed by atoms with Crippen molar-refractivity contribution in [2.45, 2.75) is 30.8 Å². The second kappa shape index (κ2) is 3.83. The predicted molar refractivity (Wildman–Crippen MR) is 38.3 cm³/mol. The summed E-state index contributed by atoms with van der Waals surface area (Å²) in [4.78, 5) is 0. The van der Waals surface area contributed by atoms with Crippen molar-refractivity contribution in [2.24, 2.45) is 0 Å². The smallest absolute Gasteiger partial charge is 0.301 e. The number of methoxy groups -OCH3 is 1. The number of alkyl halides is 2. The molecule has 0 saturated carbocycles. The molecule has 0 bridgehead atoms. The highest BCUT2D eigenvalue weighted by molar-refractivity contribution is 4.89. The molecule has 3 atom stereocenters. The molecule has 0 amide bonds. The van der Waals surface area contributed by atoms with E-state index >= 15 is 0 Å². The van der Waals surface area contributed by atoms with Gasteiger partial charge >= 0.3 is 5.92 Å². The summed E-state index contributed by atoms with van der Waals surface area (Å²) in [5.74, 6) is -3.41. The number of hydrogen-bond donors (Lipinski definition) is 2. The molecule has 0 spiro atoms. The molecule has 1 aliphatic heterocycles. The van der Waals surface area contributed by atoms with Crippen LogP contribution in [0.15, 0.2) is 0 Å². The Morgan fingerprint density at radius 3 is 2.69 bits per heavy atom. The quantitative estimate of drug-likeness (QED) is 0.641. The highest BCUT2D eigenvalue weighted by Gasteiger charge is 2.52. The van der Waals surface area contributed by atoms with Crippen molar-refractivity contribution in [1.82, 2.24) is 0 Å². The predicted octanol–water partition coefficient (Wildman–Crippen LogP) is -0.264. The average Bonchev–Trinajstić information content (AvgIpc) is 2.09. The van der Waals surface area contributed by atoms with Gasteiger partial charge in [0, 0.05) is 13.5 Å². The maximum atomic E-state index is 13.0. The maximum absolute atomic E-state index is 13.0. The summed E-state index contributed by atoms with van der Waals surface area (Å²) in [5.41, 5.74) is 0. The van der Waals surface area contributed by atoms with Crippen molar-refractivity contribution in [2.75, 3.05) is 13.7 Å². The Hall–Kier alpha value is -0.300. The van der Waals surface area contributed by atoms with Gasteiger partial charge in [-0.2, -0.15) is 0 Å². The standard InChI is InChI=1S/C7H12F2O4/c1-12-6-2-4(11)7(8,9)5(3-10)13-6/h4-6,10-11H,2-3H2,1H3/t4-,5-,6+/m0/s1. The summed E-state index contributed by atoms with van der Waals surface area (Å²) in [5, 5.41) is 17.6. The third-order valence-corrected chi connectivity index (χ3v) is 2.03. The van der Waals surface area contributed by atoms with Crippen LogP contribution >= 0.6 is 0 Å². The summed E-state index contributed by atoms with van der Waals surface area (Å²) in [6.07, 6.45) is -4.70. The molecule has 0 radical (unpaired) electrons. The van der Waals surface area contributed by atoms with Gasteiger partial charge in [0.1, 0.15) is 12.2 Å². The van der Waals surface area contributed by atoms with Crippen LogP contribution in [0.4, 0.5) is 8.78 Å². The zero-order valence-electron chi connectivity index (χ0n) is 7.11. The first-order valence-electron chi connectivity index (χ1n) is 3.87. The number of aliphatic hydroxyl groups is 2. The van der Waals surface area contributed by atoms with Gasteiger partial charge in [-0.3, -0.25) is 0 Å². The van der Waals surface area contributed by atoms with Gasteiger partial charge in [0.05, 0.1) is 6.61 Å². The number of hydrogen-bond acceptors (Lipinski definition) is 4. The average molecular weight is 198 g/mol. The fourth-order valence-corrected chi connectivity index (χ4v) is 1.20. The van der Waals surface area contributed by atoms with E-state index in [1.54, 1.807) is 0 Å². The molecule has 1 fully saturated rings. The summed E-state index contributed by atoms with van der Waals surface area (Å²) < 4.78 is 35.3. The SMILES string of the molecule is CO[C@H]1C[C@H](O)C(F)(F)[C@H](CO)O1. The minimum Gasteiger partial charge on any atom is -0.393 e. The van der Waals surface area contributed by atoms with Crippen LogP contribution < -0.4 is 0 Å². The van der Waals surface area contributed by atoms with Crippen LogP contribution in [0.3, 0.4) is 0 Å². The molecule has 1 heterocycles. The highest BCUT2D eigenvalue weighted by Crippen LogP contribution is 2.34. The molecule has 2 N–H and O–H groups in total. The Morgan fingerprint density at radius 1 is 1.62 bits per heavy atom. The third-order valence-electron chi connectivity index (χ3n) is 2.03. The van der Waals surface area contributed by atoms with Crippen molar-refractivity contribution in [3.8, 4) is 0 Å². The van der Waals surface area contributed by atoms with Crippen LogP contribution in [-0.4, -0.2) is 48.4 Å². The molecule has 0 aromatic heterocycles. The first-order chi connectivity index (χ1) is 6.02. The van der Waals surface area contributed by atoms with Gasteiger partial charge in [-0.05, 0) is 0 Å². The van der Waals surface area contributed by atoms with E-state index in [0.717, 1.165) is 0 Å². The molecule has 6 heteroatoms. The van der Waals surface area contributed by atoms with E-state index in [2.05, 4.69) is 9.47 Å². The summed E-state index contributed by atoms with van der Waals surface area (Å²) in [6.45, 7) is -0.843. The molecular formula is C7H12F2O4. The molecule has 1 saturated heterocycles. The van der Waals surface area contributed by atoms with Crippen LogP contribution in [0.2, 0.25) is 0 Å². The van der Waals surface area contributed by atoms with Gasteiger partial charge in [-0.25, -0.2) is 8.78 Å². The topological polar surface area (TPSA) is 58.9 Å². The first-order valence-corrected chi connectivity index (χ1v) is 3.87. The number of ether oxygens (including phenoxy) is 2. The largest absolute Gasteiger partial charge is 0.393 e. The van der Waals surface area contributed by atoms with Gasteiger partial charge in [-0.15, -0.1) is 0 Å². The van der Waals surface area contributed by atoms with Crippen molar-refractivity contribution < 1.29 is 28.5 Å². The third kappa shape index (κ3) is 1.96. The first kappa shape index (κ1) is 10.8. The van der Waals surface area contributed by atoms with Crippen molar-refractivity contribution in [3.05, 3.63) is 0 Å². The second-order valence-corrected chi connectivity index (χ2v) is 2.90. The van der Waals surface area contributed by atoms with E-state index in [-0.39, 0.29) is 6.42 Å². The van der Waals surface area contributed by atoms with Crippen LogP contribution in [0.1, 0.15) is 6.42 Å². The maximum Gasteiger partial charge on any atom is 0.301 e. The van der Waals surface area contributed by atoms with Crippen molar-refractivity contribution in [3.63, 3.8) is 0 Å². The number of halogens is 2. The van der Waals surface area contributed by atoms with Crippen LogP contribution in [0, 0.1) is 0 Å². The molecule has 1 rings (SSSR count). The number of aliphatic hydroxyl groups excluding tert-OH is 2. The normalized spacial score (nSPS) is 39.0. The Morgan fingerprint density at radius 2 is 2.23 bits per heavy atom. The van der Waals surface area contributed by atoms with Crippen LogP contribution in [0.5, 0.6) is 0 Å². The van der Waals surface area contributed by atoms with E-state index in [4.69, 9.17) is 10.2 Å². The number of rotatable bonds is 2. The van der Waals surface area contributed by atoms with Gasteiger partial charge < -0.3 is 19.7 Å². The van der Waals surface area contributed by atoms with E-state index < -0.39 is 31.0 Å². The molecule has 0 aliphatic carbocycles. The molecule has 1 aliphatic rings. The van der Waals surface area contributed by atoms with Crippen LogP contribution in [0.25, 0.3) is 0 Å². The molecule has 78 valence electrons. The Bertz CT molecular complexity index is 176. The van der Waals surface area contributed by atoms with Crippen molar-refractivity contribution in [1.29, 1.82) is 0 Å². The summed E-state index contributed by atoms with van der Waals surface area (Å²) in [6, 6.07) is 0. The second-order valence-electron chi connectivity index (χ2n) is 2.90. The van der Waals surface area contributed by atoms with Crippen molar-refractivity contribution >= 4 is 0 Å². The van der Waals surface area contributed by atoms with Crippen LogP contribution in [-0.2, 0) is 9.47 Å². The summed E-state index contributed by atoms with van der Waals surface area (Å²) in [7, 11) is 1.29. The lowest BCUT2D eigenvalue weighted by molar-refractivity contribution is -0.302. The Balaban J connectivity index is 2.69. The Labute approximate surface area is 74.1 Å². The van der Waals surface area contributed by atoms with E-state index in [1.165, 1.54) is 7.11 Å². The zero-order valence-corrected chi connectivity index (χ0v) is 7.11. The minimum absolute atomic E-state index is 0.292. The highest BCUT2D eigenvalue weighted by atomic mass is 19.3. The lowest BCUT2D eigenvalue weighted by atomic mass is 10.0. The van der Waals surface area contributed by atoms with E-state index in [0.29, 0.717) is 0 Å². The molecule has 13 heavy (non-hydrogen) atoms. The molecule has 0 unspecified atom stereocenters. The fraction of sp³-hybridized carbons (Fsp3) is 1.00. The molecule has 4 nitrogen and oxygen atoms in total. The lowest BCUT2D eigenvalue weighted by Gasteiger charge is -2.37. The van der Waals surface area contributed by atoms with Gasteiger partial charge in [0.15, 0.2) is 6.29 Å². The Kier molecular flexibility index (Phi) is 3.18. The molecule has 0 aromatic rings. The lowest BCUT2D eigenvalue weighted by Crippen LogP contribution is -2.55. The van der Waals surface area contributed by atoms with Gasteiger partial charge in [0.2, 0.25) is 0 Å². The molecule has 0 aromatic carbocycles.